The molecule has 2 N–H and O–H groups in total. The first-order chi connectivity index (χ1) is 12.8. The van der Waals surface area contributed by atoms with Crippen LogP contribution in [0.15, 0.2) is 0 Å². The van der Waals surface area contributed by atoms with Crippen molar-refractivity contribution < 1.29 is 19.4 Å². The summed E-state index contributed by atoms with van der Waals surface area (Å²) in [4.78, 5) is 26.8. The molecule has 3 atom stereocenters. The summed E-state index contributed by atoms with van der Waals surface area (Å²) in [6.45, 7) is 15.5. The van der Waals surface area contributed by atoms with Crippen LogP contribution in [0.2, 0.25) is 18.6 Å². The number of ether oxygens (including phenoxy) is 1. The normalized spacial score (nSPS) is 26.3. The van der Waals surface area contributed by atoms with Crippen molar-refractivity contribution in [3.05, 3.63) is 0 Å². The van der Waals surface area contributed by atoms with E-state index in [-0.39, 0.29) is 17.8 Å². The van der Waals surface area contributed by atoms with Crippen molar-refractivity contribution in [1.29, 1.82) is 5.41 Å². The zero-order chi connectivity index (χ0) is 21.4. The van der Waals surface area contributed by atoms with Crippen molar-refractivity contribution in [1.82, 2.24) is 9.47 Å². The van der Waals surface area contributed by atoms with Gasteiger partial charge in [0.15, 0.2) is 8.24 Å². The molecule has 0 aromatic heterocycles. The van der Waals surface area contributed by atoms with Crippen molar-refractivity contribution in [3.63, 3.8) is 0 Å². The molecule has 2 fully saturated rings. The minimum Gasteiger partial charge on any atom is -0.480 e. The average Bonchev–Trinajstić information content (AvgIpc) is 2.55. The highest BCUT2D eigenvalue weighted by molar-refractivity contribution is 6.78. The smallest absolute Gasteiger partial charge is 0.326 e. The lowest BCUT2D eigenvalue weighted by molar-refractivity contribution is -0.165. The first-order valence-corrected chi connectivity index (χ1v) is 13.4. The van der Waals surface area contributed by atoms with Crippen LogP contribution in [0.1, 0.15) is 53.9 Å². The number of rotatable bonds is 5. The molecular weight excluding hydrogens is 374 g/mol. The molecule has 7 nitrogen and oxygen atoms in total. The molecule has 0 aliphatic carbocycles. The summed E-state index contributed by atoms with van der Waals surface area (Å²) in [6.07, 6.45) is 2.46. The van der Waals surface area contributed by atoms with Crippen LogP contribution >= 0.6 is 0 Å². The number of carboxylic acids is 1. The Kier molecular flexibility index (Phi) is 6.53. The van der Waals surface area contributed by atoms with Gasteiger partial charge in [0.25, 0.3) is 6.02 Å². The number of hydrogen-bond acceptors (Lipinski definition) is 4. The third-order valence-electron chi connectivity index (χ3n) is 6.30. The van der Waals surface area contributed by atoms with Gasteiger partial charge in [0.2, 0.25) is 5.91 Å². The first kappa shape index (κ1) is 22.7. The summed E-state index contributed by atoms with van der Waals surface area (Å²) in [5.74, 6) is -1.11. The molecule has 2 rings (SSSR count). The molecule has 0 saturated carbocycles. The quantitative estimate of drug-likeness (QED) is 0.313. The minimum absolute atomic E-state index is 0.0101. The van der Waals surface area contributed by atoms with Crippen LogP contribution in [-0.2, 0) is 14.3 Å². The highest BCUT2D eigenvalue weighted by Crippen LogP contribution is 2.41. The lowest BCUT2D eigenvalue weighted by Gasteiger charge is -2.54. The van der Waals surface area contributed by atoms with Crippen LogP contribution in [0.3, 0.4) is 0 Å². The maximum absolute atomic E-state index is 12.9. The Morgan fingerprint density at radius 3 is 2.46 bits per heavy atom. The van der Waals surface area contributed by atoms with Gasteiger partial charge in [-0.3, -0.25) is 10.2 Å². The Hall–Kier alpha value is -1.57. The van der Waals surface area contributed by atoms with Gasteiger partial charge < -0.3 is 19.3 Å². The number of aliphatic carboxylic acids is 1. The number of amides is 1. The number of nitrogens with zero attached hydrogens (tertiary/aromatic N) is 2. The van der Waals surface area contributed by atoms with E-state index in [4.69, 9.17) is 10.1 Å². The zero-order valence-corrected chi connectivity index (χ0v) is 19.4. The maximum atomic E-state index is 12.9. The lowest BCUT2D eigenvalue weighted by Crippen LogP contribution is -2.73. The Morgan fingerprint density at radius 2 is 1.96 bits per heavy atom. The van der Waals surface area contributed by atoms with Gasteiger partial charge in [0, 0.05) is 13.1 Å². The Balaban J connectivity index is 2.05. The van der Waals surface area contributed by atoms with Gasteiger partial charge in [-0.1, -0.05) is 26.9 Å². The fourth-order valence-corrected chi connectivity index (χ4v) is 6.43. The Labute approximate surface area is 170 Å². The fourth-order valence-electron chi connectivity index (χ4n) is 4.14. The molecule has 2 aliphatic heterocycles. The minimum atomic E-state index is -2.11. The number of carbonyl (C=O) groups is 2. The summed E-state index contributed by atoms with van der Waals surface area (Å²) >= 11 is 0. The molecule has 0 spiro atoms. The van der Waals surface area contributed by atoms with Crippen LogP contribution < -0.4 is 0 Å². The van der Waals surface area contributed by atoms with E-state index in [1.807, 2.05) is 25.7 Å². The molecule has 8 heteroatoms. The number of carboxylic acid groups (broad SMARTS) is 1. The summed E-state index contributed by atoms with van der Waals surface area (Å²) < 4.78 is 7.39. The Morgan fingerprint density at radius 1 is 1.36 bits per heavy atom. The van der Waals surface area contributed by atoms with Gasteiger partial charge in [-0.05, 0) is 51.5 Å². The standard InChI is InChI=1S/C20H37N3O4Si/c1-13(2)28(6,7)23-16(18(25)26)15(17(23)24)11-14-9-8-10-22(12-14)19(21)27-20(3,4)5/h13-16,21H,8-12H2,1-7H3,(H,25,26)/t14-,15+,16?/m0/s1. The van der Waals surface area contributed by atoms with Gasteiger partial charge in [-0.15, -0.1) is 0 Å². The van der Waals surface area contributed by atoms with E-state index in [0.29, 0.717) is 18.5 Å². The second-order valence-corrected chi connectivity index (χ2v) is 15.1. The lowest BCUT2D eigenvalue weighted by atomic mass is 9.80. The highest BCUT2D eigenvalue weighted by Gasteiger charge is 2.58. The third-order valence-corrected chi connectivity index (χ3v) is 10.9. The molecular formula is C20H37N3O4Si. The summed E-state index contributed by atoms with van der Waals surface area (Å²) in [5, 5.41) is 18.0. The maximum Gasteiger partial charge on any atom is 0.326 e. The largest absolute Gasteiger partial charge is 0.480 e. The molecule has 160 valence electrons. The second kappa shape index (κ2) is 8.04. The zero-order valence-electron chi connectivity index (χ0n) is 18.4. The number of likely N-dealkylation sites (tertiary alicyclic amines) is 1. The molecule has 1 amide bonds. The van der Waals surface area contributed by atoms with Crippen molar-refractivity contribution >= 4 is 26.1 Å². The second-order valence-electron chi connectivity index (χ2n) is 10.1. The van der Waals surface area contributed by atoms with Crippen molar-refractivity contribution in [3.8, 4) is 0 Å². The molecule has 0 radical (unpaired) electrons. The fraction of sp³-hybridized carbons (Fsp3) is 0.850. The van der Waals surface area contributed by atoms with Gasteiger partial charge in [-0.25, -0.2) is 4.79 Å². The van der Waals surface area contributed by atoms with E-state index < -0.39 is 31.8 Å². The van der Waals surface area contributed by atoms with E-state index in [9.17, 15) is 14.7 Å². The number of nitrogens with one attached hydrogen (secondary N) is 1. The van der Waals surface area contributed by atoms with E-state index >= 15 is 0 Å². The molecule has 0 aromatic carbocycles. The predicted molar refractivity (Wildman–Crippen MR) is 112 cm³/mol. The van der Waals surface area contributed by atoms with Crippen LogP contribution in [0, 0.1) is 17.2 Å². The van der Waals surface area contributed by atoms with Crippen LogP contribution in [0.5, 0.6) is 0 Å². The van der Waals surface area contributed by atoms with Crippen molar-refractivity contribution in [2.75, 3.05) is 13.1 Å². The van der Waals surface area contributed by atoms with Gasteiger partial charge in [0.1, 0.15) is 11.6 Å². The van der Waals surface area contributed by atoms with E-state index in [2.05, 4.69) is 26.9 Å². The number of hydrogen-bond donors (Lipinski definition) is 2. The van der Waals surface area contributed by atoms with Crippen LogP contribution in [0.25, 0.3) is 0 Å². The van der Waals surface area contributed by atoms with Crippen LogP contribution in [0.4, 0.5) is 0 Å². The highest BCUT2D eigenvalue weighted by atomic mass is 28.3. The third kappa shape index (κ3) is 4.70. The molecule has 0 bridgehead atoms. The van der Waals surface area contributed by atoms with Crippen molar-refractivity contribution in [2.45, 2.75) is 84.2 Å². The molecule has 2 saturated heterocycles. The van der Waals surface area contributed by atoms with Gasteiger partial charge in [0.05, 0.1) is 5.92 Å². The van der Waals surface area contributed by atoms with Crippen LogP contribution in [-0.4, -0.2) is 65.4 Å². The number of carbonyl (C=O) groups excluding carboxylic acids is 1. The summed E-state index contributed by atoms with van der Waals surface area (Å²) in [6, 6.07) is -0.529. The first-order valence-electron chi connectivity index (χ1n) is 10.3. The van der Waals surface area contributed by atoms with E-state index in [1.54, 1.807) is 4.57 Å². The monoisotopic (exact) mass is 411 g/mol. The molecule has 2 aliphatic rings. The van der Waals surface area contributed by atoms with Gasteiger partial charge in [-0.2, -0.15) is 0 Å². The molecule has 1 unspecified atom stereocenters. The Bertz CT molecular complexity index is 629. The van der Waals surface area contributed by atoms with Crippen molar-refractivity contribution in [2.24, 2.45) is 11.8 Å². The summed E-state index contributed by atoms with van der Waals surface area (Å²) in [5.41, 5.74) is -0.116. The number of piperidine rings is 1. The number of β-lactam (4-membered cyclic amide) rings is 1. The van der Waals surface area contributed by atoms with E-state index in [0.717, 1.165) is 19.4 Å². The van der Waals surface area contributed by atoms with E-state index in [1.165, 1.54) is 0 Å². The number of amidine groups is 1. The SMILES string of the molecule is CC(C)[Si](C)(C)N1C(=O)[C@H](C[C@@H]2CCCN(C(=N)OC(C)(C)C)C2)C1C(=O)O. The molecule has 28 heavy (non-hydrogen) atoms. The molecule has 0 aromatic rings. The average molecular weight is 412 g/mol. The molecule has 2 heterocycles. The van der Waals surface area contributed by atoms with Gasteiger partial charge >= 0.3 is 5.97 Å². The topological polar surface area (TPSA) is 93.9 Å². The predicted octanol–water partition coefficient (Wildman–Crippen LogP) is 3.37. The summed E-state index contributed by atoms with van der Waals surface area (Å²) in [7, 11) is -2.11.